The average Bonchev–Trinajstić information content (AvgIpc) is 2.62. The first-order valence-corrected chi connectivity index (χ1v) is 8.26. The van der Waals surface area contributed by atoms with E-state index in [1.54, 1.807) is 0 Å². The standard InChI is InChI=1S/C14H16BrNO2S/c1-9-6-13(15)5-4-12(9)7-19(17)8-14-16-10(2)11(3)18-14/h4-6H,7-8H2,1-3H3/t19-/m0/s1. The molecule has 0 radical (unpaired) electrons. The van der Waals surface area contributed by atoms with E-state index in [1.165, 1.54) is 0 Å². The smallest absolute Gasteiger partial charge is 0.207 e. The van der Waals surface area contributed by atoms with Crippen LogP contribution in [-0.2, 0) is 22.3 Å². The van der Waals surface area contributed by atoms with E-state index < -0.39 is 10.8 Å². The van der Waals surface area contributed by atoms with Gasteiger partial charge in [0, 0.05) is 21.0 Å². The molecule has 1 heterocycles. The predicted octanol–water partition coefficient (Wildman–Crippen LogP) is 3.81. The van der Waals surface area contributed by atoms with E-state index in [1.807, 2.05) is 39.0 Å². The molecule has 0 aliphatic rings. The monoisotopic (exact) mass is 341 g/mol. The van der Waals surface area contributed by atoms with Crippen LogP contribution in [0.15, 0.2) is 27.1 Å². The molecular formula is C14H16BrNO2S. The number of oxazole rings is 1. The Morgan fingerprint density at radius 2 is 2.00 bits per heavy atom. The van der Waals surface area contributed by atoms with Crippen LogP contribution >= 0.6 is 15.9 Å². The van der Waals surface area contributed by atoms with Gasteiger partial charge < -0.3 is 4.42 Å². The van der Waals surface area contributed by atoms with E-state index in [0.29, 0.717) is 17.4 Å². The van der Waals surface area contributed by atoms with Gasteiger partial charge in [0.25, 0.3) is 0 Å². The maximum Gasteiger partial charge on any atom is 0.207 e. The summed E-state index contributed by atoms with van der Waals surface area (Å²) < 4.78 is 18.6. The Morgan fingerprint density at radius 1 is 1.26 bits per heavy atom. The molecule has 19 heavy (non-hydrogen) atoms. The Bertz CT molecular complexity index is 602. The molecule has 0 aliphatic carbocycles. The zero-order valence-corrected chi connectivity index (χ0v) is 13.6. The third-order valence-electron chi connectivity index (χ3n) is 2.98. The highest BCUT2D eigenvalue weighted by atomic mass is 79.9. The van der Waals surface area contributed by atoms with Crippen LogP contribution in [0.1, 0.15) is 28.5 Å². The molecule has 1 aromatic carbocycles. The molecule has 3 nitrogen and oxygen atoms in total. The highest BCUT2D eigenvalue weighted by Crippen LogP contribution is 2.18. The maximum absolute atomic E-state index is 12.1. The van der Waals surface area contributed by atoms with Gasteiger partial charge in [0.2, 0.25) is 5.89 Å². The molecule has 102 valence electrons. The number of halogens is 1. The molecule has 5 heteroatoms. The van der Waals surface area contributed by atoms with Gasteiger partial charge in [-0.1, -0.05) is 22.0 Å². The number of aryl methyl sites for hydroxylation is 3. The molecule has 2 aromatic rings. The van der Waals surface area contributed by atoms with Crippen LogP contribution in [0.4, 0.5) is 0 Å². The summed E-state index contributed by atoms with van der Waals surface area (Å²) >= 11 is 3.43. The van der Waals surface area contributed by atoms with Gasteiger partial charge in [0.15, 0.2) is 0 Å². The molecule has 0 fully saturated rings. The van der Waals surface area contributed by atoms with Crippen molar-refractivity contribution in [2.75, 3.05) is 0 Å². The number of benzene rings is 1. The Morgan fingerprint density at radius 3 is 2.58 bits per heavy atom. The average molecular weight is 342 g/mol. The summed E-state index contributed by atoms with van der Waals surface area (Å²) in [5.41, 5.74) is 3.11. The first kappa shape index (κ1) is 14.5. The molecule has 2 rings (SSSR count). The SMILES string of the molecule is Cc1cc(Br)ccc1C[S@](=O)Cc1nc(C)c(C)o1. The lowest BCUT2D eigenvalue weighted by molar-refractivity contribution is 0.487. The minimum absolute atomic E-state index is 0.365. The van der Waals surface area contributed by atoms with Crippen molar-refractivity contribution in [1.29, 1.82) is 0 Å². The zero-order chi connectivity index (χ0) is 14.0. The number of aromatic nitrogens is 1. The van der Waals surface area contributed by atoms with Crippen LogP contribution in [0.25, 0.3) is 0 Å². The fraction of sp³-hybridized carbons (Fsp3) is 0.357. The number of nitrogens with zero attached hydrogens (tertiary/aromatic N) is 1. The van der Waals surface area contributed by atoms with Crippen LogP contribution in [-0.4, -0.2) is 9.19 Å². The van der Waals surface area contributed by atoms with Crippen molar-refractivity contribution in [3.8, 4) is 0 Å². The largest absolute Gasteiger partial charge is 0.445 e. The van der Waals surface area contributed by atoms with E-state index in [-0.39, 0.29) is 0 Å². The minimum atomic E-state index is -1.01. The molecule has 0 saturated heterocycles. The molecule has 1 atom stereocenters. The fourth-order valence-corrected chi connectivity index (χ4v) is 3.43. The molecule has 0 amide bonds. The van der Waals surface area contributed by atoms with Gasteiger partial charge >= 0.3 is 0 Å². The summed E-state index contributed by atoms with van der Waals surface area (Å²) in [6.45, 7) is 5.79. The Balaban J connectivity index is 2.05. The lowest BCUT2D eigenvalue weighted by Crippen LogP contribution is -2.01. The second-order valence-electron chi connectivity index (χ2n) is 4.55. The van der Waals surface area contributed by atoms with Crippen LogP contribution in [0.5, 0.6) is 0 Å². The van der Waals surface area contributed by atoms with Gasteiger partial charge in [0.1, 0.15) is 11.5 Å². The first-order chi connectivity index (χ1) is 8.95. The van der Waals surface area contributed by atoms with Crippen molar-refractivity contribution in [3.63, 3.8) is 0 Å². The predicted molar refractivity (Wildman–Crippen MR) is 80.4 cm³/mol. The summed E-state index contributed by atoms with van der Waals surface area (Å²) in [5, 5.41) is 0. The van der Waals surface area contributed by atoms with Gasteiger partial charge in [-0.15, -0.1) is 0 Å². The lowest BCUT2D eigenvalue weighted by atomic mass is 10.1. The molecule has 1 aromatic heterocycles. The van der Waals surface area contributed by atoms with Gasteiger partial charge in [-0.05, 0) is 44.0 Å². The van der Waals surface area contributed by atoms with E-state index in [9.17, 15) is 4.21 Å². The quantitative estimate of drug-likeness (QED) is 0.849. The molecule has 0 N–H and O–H groups in total. The Kier molecular flexibility index (Phi) is 4.58. The van der Waals surface area contributed by atoms with Crippen LogP contribution in [0, 0.1) is 20.8 Å². The van der Waals surface area contributed by atoms with Gasteiger partial charge in [-0.2, -0.15) is 0 Å². The molecular weight excluding hydrogens is 326 g/mol. The van der Waals surface area contributed by atoms with E-state index in [2.05, 4.69) is 20.9 Å². The van der Waals surface area contributed by atoms with Crippen molar-refractivity contribution >= 4 is 26.7 Å². The number of hydrogen-bond donors (Lipinski definition) is 0. The summed E-state index contributed by atoms with van der Waals surface area (Å²) in [6.07, 6.45) is 0. The van der Waals surface area contributed by atoms with E-state index in [0.717, 1.165) is 27.1 Å². The normalized spacial score (nSPS) is 12.6. The van der Waals surface area contributed by atoms with Gasteiger partial charge in [-0.3, -0.25) is 4.21 Å². The molecule has 0 bridgehead atoms. The zero-order valence-electron chi connectivity index (χ0n) is 11.2. The highest BCUT2D eigenvalue weighted by Gasteiger charge is 2.11. The van der Waals surface area contributed by atoms with Gasteiger partial charge in [-0.25, -0.2) is 4.98 Å². The van der Waals surface area contributed by atoms with Crippen molar-refractivity contribution in [2.45, 2.75) is 32.3 Å². The van der Waals surface area contributed by atoms with E-state index in [4.69, 9.17) is 4.42 Å². The van der Waals surface area contributed by atoms with E-state index >= 15 is 0 Å². The Labute approximate surface area is 124 Å². The molecule has 0 saturated carbocycles. The molecule has 0 unspecified atom stereocenters. The summed E-state index contributed by atoms with van der Waals surface area (Å²) in [5.74, 6) is 2.25. The number of hydrogen-bond acceptors (Lipinski definition) is 3. The fourth-order valence-electron chi connectivity index (χ4n) is 1.78. The topological polar surface area (TPSA) is 43.1 Å². The number of rotatable bonds is 4. The summed E-state index contributed by atoms with van der Waals surface area (Å²) in [4.78, 5) is 4.26. The van der Waals surface area contributed by atoms with Crippen molar-refractivity contribution < 1.29 is 8.63 Å². The highest BCUT2D eigenvalue weighted by molar-refractivity contribution is 9.10. The van der Waals surface area contributed by atoms with Crippen LogP contribution < -0.4 is 0 Å². The summed E-state index contributed by atoms with van der Waals surface area (Å²) in [7, 11) is -1.01. The minimum Gasteiger partial charge on any atom is -0.445 e. The second-order valence-corrected chi connectivity index (χ2v) is 6.92. The lowest BCUT2D eigenvalue weighted by Gasteiger charge is -2.05. The van der Waals surface area contributed by atoms with Crippen molar-refractivity contribution in [2.24, 2.45) is 0 Å². The molecule has 0 aliphatic heterocycles. The van der Waals surface area contributed by atoms with Crippen LogP contribution in [0.2, 0.25) is 0 Å². The third-order valence-corrected chi connectivity index (χ3v) is 4.67. The second kappa shape index (κ2) is 6.01. The van der Waals surface area contributed by atoms with Crippen LogP contribution in [0.3, 0.4) is 0 Å². The van der Waals surface area contributed by atoms with Crippen molar-refractivity contribution in [1.82, 2.24) is 4.98 Å². The van der Waals surface area contributed by atoms with Crippen molar-refractivity contribution in [3.05, 3.63) is 51.1 Å². The first-order valence-electron chi connectivity index (χ1n) is 5.98. The Hall–Kier alpha value is -0.940. The maximum atomic E-state index is 12.1. The third kappa shape index (κ3) is 3.76. The molecule has 0 spiro atoms. The summed E-state index contributed by atoms with van der Waals surface area (Å²) in [6, 6.07) is 6.01. The van der Waals surface area contributed by atoms with Gasteiger partial charge in [0.05, 0.1) is 5.69 Å².